The molecule has 0 saturated carbocycles. The first-order valence-electron chi connectivity index (χ1n) is 13.4. The molecule has 2 aromatic heterocycles. The number of aliphatic imine (C=N–C) groups is 1. The molecule has 0 aliphatic carbocycles. The van der Waals surface area contributed by atoms with Gasteiger partial charge in [-0.2, -0.15) is 4.98 Å². The number of benzene rings is 3. The van der Waals surface area contributed by atoms with Crippen LogP contribution in [0.15, 0.2) is 106 Å². The molecule has 1 unspecified atom stereocenters. The lowest BCUT2D eigenvalue weighted by molar-refractivity contribution is -0.113. The maximum atomic E-state index is 13.8. The fourth-order valence-corrected chi connectivity index (χ4v) is 5.08. The van der Waals surface area contributed by atoms with E-state index in [4.69, 9.17) is 25.7 Å². The Morgan fingerprint density at radius 1 is 1.02 bits per heavy atom. The van der Waals surface area contributed by atoms with Gasteiger partial charge in [0.1, 0.15) is 23.2 Å². The van der Waals surface area contributed by atoms with E-state index in [1.165, 1.54) is 43.6 Å². The first-order chi connectivity index (χ1) is 21.3. The number of guanidine groups is 1. The van der Waals surface area contributed by atoms with E-state index >= 15 is 0 Å². The van der Waals surface area contributed by atoms with Crippen LogP contribution in [0.4, 0.5) is 16.2 Å². The van der Waals surface area contributed by atoms with Crippen molar-refractivity contribution in [3.8, 4) is 11.1 Å². The van der Waals surface area contributed by atoms with Gasteiger partial charge in [0.2, 0.25) is 5.96 Å². The van der Waals surface area contributed by atoms with Crippen LogP contribution < -0.4 is 16.0 Å². The molecular formula is C32H24ClFN6O4. The van der Waals surface area contributed by atoms with Gasteiger partial charge in [-0.15, -0.1) is 0 Å². The molecule has 0 spiro atoms. The van der Waals surface area contributed by atoms with Gasteiger partial charge in [0.05, 0.1) is 18.2 Å². The third-order valence-corrected chi connectivity index (χ3v) is 7.21. The van der Waals surface area contributed by atoms with E-state index in [1.807, 2.05) is 48.5 Å². The predicted molar refractivity (Wildman–Crippen MR) is 165 cm³/mol. The van der Waals surface area contributed by atoms with E-state index in [9.17, 15) is 14.0 Å². The number of hydrogen-bond donors (Lipinski definition) is 3. The molecule has 6 rings (SSSR count). The smallest absolute Gasteiger partial charge is 0.338 e. The van der Waals surface area contributed by atoms with Crippen LogP contribution in [0.3, 0.4) is 0 Å². The summed E-state index contributed by atoms with van der Waals surface area (Å²) in [6.07, 6.45) is 1.39. The number of rotatable bonds is 6. The van der Waals surface area contributed by atoms with Crippen LogP contribution in [0.1, 0.15) is 28.9 Å². The molecule has 44 heavy (non-hydrogen) atoms. The fraction of sp³-hybridized carbons (Fsp3) is 0.0938. The summed E-state index contributed by atoms with van der Waals surface area (Å²) in [5.74, 6) is -1.16. The zero-order chi connectivity index (χ0) is 30.8. The van der Waals surface area contributed by atoms with Gasteiger partial charge in [-0.1, -0.05) is 54.1 Å². The van der Waals surface area contributed by atoms with Crippen LogP contribution in [-0.2, 0) is 9.53 Å². The van der Waals surface area contributed by atoms with Gasteiger partial charge in [0, 0.05) is 28.5 Å². The van der Waals surface area contributed by atoms with E-state index in [1.54, 1.807) is 6.92 Å². The Kier molecular flexibility index (Phi) is 7.78. The lowest BCUT2D eigenvalue weighted by atomic mass is 9.93. The number of methoxy groups -OCH3 is 1. The molecule has 1 aliphatic rings. The lowest BCUT2D eigenvalue weighted by Crippen LogP contribution is -2.37. The monoisotopic (exact) mass is 610 g/mol. The Bertz CT molecular complexity index is 1970. The molecule has 1 atom stereocenters. The van der Waals surface area contributed by atoms with Crippen LogP contribution in [-0.4, -0.2) is 34.9 Å². The van der Waals surface area contributed by atoms with Crippen molar-refractivity contribution >= 4 is 52.4 Å². The summed E-state index contributed by atoms with van der Waals surface area (Å²) in [7, 11) is 1.27. The molecule has 0 radical (unpaired) electrons. The second-order valence-corrected chi connectivity index (χ2v) is 10.2. The summed E-state index contributed by atoms with van der Waals surface area (Å²) in [6.45, 7) is 1.71. The van der Waals surface area contributed by atoms with E-state index in [2.05, 4.69) is 25.9 Å². The minimum atomic E-state index is -0.873. The highest BCUT2D eigenvalue weighted by Gasteiger charge is 2.32. The van der Waals surface area contributed by atoms with Crippen LogP contribution in [0.25, 0.3) is 22.2 Å². The highest BCUT2D eigenvalue weighted by Crippen LogP contribution is 2.37. The molecule has 3 aromatic carbocycles. The largest absolute Gasteiger partial charge is 0.465 e. The molecule has 12 heteroatoms. The number of hydrogen-bond acceptors (Lipinski definition) is 9. The van der Waals surface area contributed by atoms with Gasteiger partial charge >= 0.3 is 12.0 Å². The molecule has 10 nitrogen and oxygen atoms in total. The number of anilines is 2. The van der Waals surface area contributed by atoms with Crippen LogP contribution >= 0.6 is 11.6 Å². The topological polar surface area (TPSA) is 131 Å². The number of carbonyl (C=O) groups is 2. The first kappa shape index (κ1) is 28.6. The summed E-state index contributed by atoms with van der Waals surface area (Å²) >= 11 is 6.84. The lowest BCUT2D eigenvalue weighted by Gasteiger charge is -2.27. The maximum absolute atomic E-state index is 13.8. The van der Waals surface area contributed by atoms with Crippen molar-refractivity contribution < 1.29 is 23.1 Å². The van der Waals surface area contributed by atoms with E-state index in [0.717, 1.165) is 11.1 Å². The minimum Gasteiger partial charge on any atom is -0.465 e. The quantitative estimate of drug-likeness (QED) is 0.186. The molecular weight excluding hydrogens is 587 g/mol. The molecule has 1 amide bonds. The molecule has 0 bridgehead atoms. The number of esters is 1. The van der Waals surface area contributed by atoms with Crippen molar-refractivity contribution in [2.45, 2.75) is 13.0 Å². The van der Waals surface area contributed by atoms with E-state index in [0.29, 0.717) is 21.8 Å². The predicted octanol–water partition coefficient (Wildman–Crippen LogP) is 6.49. The highest BCUT2D eigenvalue weighted by molar-refractivity contribution is 6.32. The average Bonchev–Trinajstić information content (AvgIpc) is 3.42. The molecule has 3 N–H and O–H groups in total. The third-order valence-electron chi connectivity index (χ3n) is 6.89. The Labute approximate surface area is 255 Å². The second-order valence-electron chi connectivity index (χ2n) is 9.78. The zero-order valence-electron chi connectivity index (χ0n) is 23.4. The van der Waals surface area contributed by atoms with Gasteiger partial charge in [0.25, 0.3) is 5.91 Å². The molecule has 220 valence electrons. The van der Waals surface area contributed by atoms with Crippen LogP contribution in [0.2, 0.25) is 5.02 Å². The van der Waals surface area contributed by atoms with Crippen LogP contribution in [0.5, 0.6) is 0 Å². The van der Waals surface area contributed by atoms with Crippen molar-refractivity contribution in [3.05, 3.63) is 118 Å². The first-order valence-corrected chi connectivity index (χ1v) is 13.8. The van der Waals surface area contributed by atoms with Crippen LogP contribution in [0, 0.1) is 5.82 Å². The number of carbonyl (C=O) groups excluding carboxylic acids is 2. The summed E-state index contributed by atoms with van der Waals surface area (Å²) in [6, 6.07) is 21.4. The van der Waals surface area contributed by atoms with E-state index in [-0.39, 0.29) is 34.5 Å². The number of fused-ring (bicyclic) bond motifs is 1. The number of nitrogens with zero attached hydrogens (tertiary/aromatic N) is 3. The standard InChI is InChI=1S/C32H24ClFN6O4/c1-17-27(29(41)38-26-15-20(12-13-35-26)30(42)43-2)28(22-10-8-19(14-23(22)33)18-6-4-3-5-7-18)39-31(36-17)40-32-37-24-11-9-21(34)16-25(24)44-32/h3-16,28H,1-2H3,(H,35,38,41)(H2,36,37,39,40). The summed E-state index contributed by atoms with van der Waals surface area (Å²) < 4.78 is 24.1. The van der Waals surface area contributed by atoms with Crippen molar-refractivity contribution in [1.82, 2.24) is 15.3 Å². The average molecular weight is 611 g/mol. The molecule has 0 fully saturated rings. The molecule has 3 heterocycles. The third kappa shape index (κ3) is 5.86. The number of amides is 1. The summed E-state index contributed by atoms with van der Waals surface area (Å²) in [5, 5.41) is 9.20. The summed E-state index contributed by atoms with van der Waals surface area (Å²) in [4.78, 5) is 39.1. The molecule has 1 aliphatic heterocycles. The van der Waals surface area contributed by atoms with Crippen molar-refractivity contribution in [1.29, 1.82) is 0 Å². The van der Waals surface area contributed by atoms with Gasteiger partial charge < -0.3 is 19.8 Å². The van der Waals surface area contributed by atoms with Gasteiger partial charge in [0.15, 0.2) is 5.58 Å². The maximum Gasteiger partial charge on any atom is 0.338 e. The normalized spacial score (nSPS) is 14.5. The SMILES string of the molecule is COC(=O)c1ccnc(NC(=O)C2=C(C)NC(Nc3nc4ccc(F)cc4o3)=NC2c2ccc(-c3ccccc3)cc2Cl)c1. The van der Waals surface area contributed by atoms with Gasteiger partial charge in [-0.25, -0.2) is 19.2 Å². The van der Waals surface area contributed by atoms with Crippen molar-refractivity contribution in [2.75, 3.05) is 17.7 Å². The van der Waals surface area contributed by atoms with Crippen molar-refractivity contribution in [2.24, 2.45) is 4.99 Å². The highest BCUT2D eigenvalue weighted by atomic mass is 35.5. The fourth-order valence-electron chi connectivity index (χ4n) is 4.80. The molecule has 0 saturated heterocycles. The number of allylic oxidation sites excluding steroid dienone is 1. The Morgan fingerprint density at radius 3 is 2.61 bits per heavy atom. The number of aromatic nitrogens is 2. The molecule has 5 aromatic rings. The second kappa shape index (κ2) is 12.0. The number of halogens is 2. The van der Waals surface area contributed by atoms with Gasteiger partial charge in [-0.3, -0.25) is 10.1 Å². The number of oxazole rings is 1. The Balaban J connectivity index is 1.36. The number of pyridine rings is 1. The Morgan fingerprint density at radius 2 is 1.84 bits per heavy atom. The number of nitrogens with one attached hydrogen (secondary N) is 3. The number of ether oxygens (including phenoxy) is 1. The minimum absolute atomic E-state index is 0.0747. The van der Waals surface area contributed by atoms with Crippen molar-refractivity contribution in [3.63, 3.8) is 0 Å². The van der Waals surface area contributed by atoms with E-state index < -0.39 is 23.7 Å². The summed E-state index contributed by atoms with van der Waals surface area (Å²) in [5.41, 5.74) is 4.09. The zero-order valence-corrected chi connectivity index (χ0v) is 24.1. The van der Waals surface area contributed by atoms with Gasteiger partial charge in [-0.05, 0) is 48.4 Å². The Hall–Kier alpha value is -5.55.